The van der Waals surface area contributed by atoms with Gasteiger partial charge in [0.15, 0.2) is 11.6 Å². The average Bonchev–Trinajstić information content (AvgIpc) is 2.61. The Kier molecular flexibility index (Phi) is 4.93. The maximum atomic E-state index is 13.5. The molecule has 5 heteroatoms. The number of aromatic nitrogens is 1. The fraction of sp³-hybridized carbons (Fsp3) is 0.200. The van der Waals surface area contributed by atoms with Crippen LogP contribution in [0.4, 0.5) is 4.39 Å². The first-order valence-corrected chi connectivity index (χ1v) is 8.05. The van der Waals surface area contributed by atoms with E-state index in [2.05, 4.69) is 4.98 Å². The monoisotopic (exact) mass is 338 g/mol. The molecule has 0 aliphatic heterocycles. The quantitative estimate of drug-likeness (QED) is 0.710. The molecule has 0 unspecified atom stereocenters. The predicted molar refractivity (Wildman–Crippen MR) is 95.3 cm³/mol. The second-order valence-corrected chi connectivity index (χ2v) is 5.83. The van der Waals surface area contributed by atoms with E-state index in [1.165, 1.54) is 6.07 Å². The summed E-state index contributed by atoms with van der Waals surface area (Å²) < 4.78 is 19.0. The molecule has 0 N–H and O–H groups in total. The summed E-state index contributed by atoms with van der Waals surface area (Å²) in [5, 5.41) is 0.819. The Bertz CT molecular complexity index is 911. The van der Waals surface area contributed by atoms with Gasteiger partial charge in [-0.05, 0) is 31.2 Å². The summed E-state index contributed by atoms with van der Waals surface area (Å²) in [6.45, 7) is 2.43. The first kappa shape index (κ1) is 16.9. The van der Waals surface area contributed by atoms with Gasteiger partial charge < -0.3 is 9.64 Å². The number of amides is 1. The minimum atomic E-state index is -0.410. The molecule has 0 saturated heterocycles. The lowest BCUT2D eigenvalue weighted by molar-refractivity contribution is 0.0774. The number of halogens is 1. The fourth-order valence-corrected chi connectivity index (χ4v) is 2.65. The standard InChI is InChI=1S/C20H19FN2O2/c1-14-13-16(15-7-3-5-9-18(15)22-14)20(24)23(2)11-12-25-19-10-6-4-8-17(19)21/h3-10,13H,11-12H2,1-2H3. The van der Waals surface area contributed by atoms with E-state index in [1.54, 1.807) is 36.2 Å². The highest BCUT2D eigenvalue weighted by Crippen LogP contribution is 2.20. The third-order valence-electron chi connectivity index (χ3n) is 3.94. The number of hydrogen-bond acceptors (Lipinski definition) is 3. The average molecular weight is 338 g/mol. The van der Waals surface area contributed by atoms with Gasteiger partial charge in [-0.1, -0.05) is 30.3 Å². The highest BCUT2D eigenvalue weighted by Gasteiger charge is 2.16. The van der Waals surface area contributed by atoms with E-state index in [1.807, 2.05) is 31.2 Å². The molecule has 3 rings (SSSR count). The topological polar surface area (TPSA) is 42.4 Å². The maximum absolute atomic E-state index is 13.5. The van der Waals surface area contributed by atoms with Crippen LogP contribution >= 0.6 is 0 Å². The maximum Gasteiger partial charge on any atom is 0.254 e. The van der Waals surface area contributed by atoms with Crippen molar-refractivity contribution >= 4 is 16.8 Å². The molecule has 1 amide bonds. The Balaban J connectivity index is 1.72. The summed E-state index contributed by atoms with van der Waals surface area (Å²) in [5.74, 6) is -0.334. The van der Waals surface area contributed by atoms with Crippen molar-refractivity contribution in [1.29, 1.82) is 0 Å². The van der Waals surface area contributed by atoms with Gasteiger partial charge in [0, 0.05) is 18.1 Å². The molecule has 1 aromatic heterocycles. The summed E-state index contributed by atoms with van der Waals surface area (Å²) in [6, 6.07) is 15.6. The van der Waals surface area contributed by atoms with E-state index in [9.17, 15) is 9.18 Å². The van der Waals surface area contributed by atoms with Crippen LogP contribution in [0.25, 0.3) is 10.9 Å². The molecule has 0 atom stereocenters. The van der Waals surface area contributed by atoms with Crippen molar-refractivity contribution in [3.8, 4) is 5.75 Å². The van der Waals surface area contributed by atoms with Crippen LogP contribution in [-0.2, 0) is 0 Å². The zero-order chi connectivity index (χ0) is 17.8. The predicted octanol–water partition coefficient (Wildman–Crippen LogP) is 3.83. The molecule has 2 aromatic carbocycles. The van der Waals surface area contributed by atoms with E-state index in [4.69, 9.17) is 4.74 Å². The van der Waals surface area contributed by atoms with E-state index in [0.29, 0.717) is 12.1 Å². The van der Waals surface area contributed by atoms with E-state index >= 15 is 0 Å². The molecule has 0 spiro atoms. The Morgan fingerprint density at radius 2 is 1.88 bits per heavy atom. The summed E-state index contributed by atoms with van der Waals surface area (Å²) >= 11 is 0. The number of pyridine rings is 1. The largest absolute Gasteiger partial charge is 0.489 e. The van der Waals surface area contributed by atoms with Gasteiger partial charge in [0.25, 0.3) is 5.91 Å². The molecule has 1 heterocycles. The minimum absolute atomic E-state index is 0.112. The number of likely N-dealkylation sites (N-methyl/N-ethyl adjacent to an activating group) is 1. The number of para-hydroxylation sites is 2. The number of carbonyl (C=O) groups excluding carboxylic acids is 1. The number of carbonyl (C=O) groups is 1. The molecule has 0 aliphatic carbocycles. The van der Waals surface area contributed by atoms with Crippen molar-refractivity contribution in [3.63, 3.8) is 0 Å². The van der Waals surface area contributed by atoms with Crippen LogP contribution in [0.1, 0.15) is 16.1 Å². The lowest BCUT2D eigenvalue weighted by atomic mass is 10.1. The van der Waals surface area contributed by atoms with Crippen molar-refractivity contribution in [1.82, 2.24) is 9.88 Å². The van der Waals surface area contributed by atoms with Gasteiger partial charge in [0.05, 0.1) is 17.6 Å². The first-order chi connectivity index (χ1) is 12.1. The van der Waals surface area contributed by atoms with E-state index in [0.717, 1.165) is 16.6 Å². The molecule has 0 aliphatic rings. The Labute approximate surface area is 145 Å². The van der Waals surface area contributed by atoms with Crippen LogP contribution in [0.15, 0.2) is 54.6 Å². The number of rotatable bonds is 5. The molecule has 4 nitrogen and oxygen atoms in total. The third kappa shape index (κ3) is 3.76. The molecule has 25 heavy (non-hydrogen) atoms. The summed E-state index contributed by atoms with van der Waals surface area (Å²) in [4.78, 5) is 18.8. The molecule has 0 fully saturated rings. The SMILES string of the molecule is Cc1cc(C(=O)N(C)CCOc2ccccc2F)c2ccccc2n1. The van der Waals surface area contributed by atoms with E-state index in [-0.39, 0.29) is 18.3 Å². The second kappa shape index (κ2) is 7.30. The normalized spacial score (nSPS) is 10.7. The van der Waals surface area contributed by atoms with Gasteiger partial charge in [0.2, 0.25) is 0 Å². The van der Waals surface area contributed by atoms with Crippen LogP contribution in [0.2, 0.25) is 0 Å². The van der Waals surface area contributed by atoms with Gasteiger partial charge in [-0.2, -0.15) is 0 Å². The second-order valence-electron chi connectivity index (χ2n) is 5.83. The number of nitrogens with zero attached hydrogens (tertiary/aromatic N) is 2. The molecule has 0 radical (unpaired) electrons. The molecule has 0 saturated carbocycles. The summed E-state index contributed by atoms with van der Waals surface area (Å²) in [7, 11) is 1.71. The van der Waals surface area contributed by atoms with Crippen LogP contribution in [0, 0.1) is 12.7 Å². The zero-order valence-corrected chi connectivity index (χ0v) is 14.2. The Morgan fingerprint density at radius 1 is 1.16 bits per heavy atom. The number of hydrogen-bond donors (Lipinski definition) is 0. The van der Waals surface area contributed by atoms with Crippen LogP contribution in [0.5, 0.6) is 5.75 Å². The molecule has 0 bridgehead atoms. The first-order valence-electron chi connectivity index (χ1n) is 8.05. The number of fused-ring (bicyclic) bond motifs is 1. The van der Waals surface area contributed by atoms with E-state index < -0.39 is 5.82 Å². The summed E-state index contributed by atoms with van der Waals surface area (Å²) in [6.07, 6.45) is 0. The van der Waals surface area contributed by atoms with Crippen LogP contribution in [0.3, 0.4) is 0 Å². The van der Waals surface area contributed by atoms with Crippen molar-refractivity contribution in [2.45, 2.75) is 6.92 Å². The number of ether oxygens (including phenoxy) is 1. The lowest BCUT2D eigenvalue weighted by Gasteiger charge is -2.19. The van der Waals surface area contributed by atoms with Crippen molar-refractivity contribution < 1.29 is 13.9 Å². The third-order valence-corrected chi connectivity index (χ3v) is 3.94. The fourth-order valence-electron chi connectivity index (χ4n) is 2.65. The van der Waals surface area contributed by atoms with Crippen molar-refractivity contribution in [2.24, 2.45) is 0 Å². The highest BCUT2D eigenvalue weighted by atomic mass is 19.1. The smallest absolute Gasteiger partial charge is 0.254 e. The number of aryl methyl sites for hydroxylation is 1. The van der Waals surface area contributed by atoms with Crippen LogP contribution in [-0.4, -0.2) is 36.0 Å². The minimum Gasteiger partial charge on any atom is -0.489 e. The molecule has 128 valence electrons. The Morgan fingerprint density at radius 3 is 2.68 bits per heavy atom. The van der Waals surface area contributed by atoms with Gasteiger partial charge in [-0.25, -0.2) is 4.39 Å². The van der Waals surface area contributed by atoms with Gasteiger partial charge in [-0.3, -0.25) is 9.78 Å². The molecular weight excluding hydrogens is 319 g/mol. The van der Waals surface area contributed by atoms with Crippen LogP contribution < -0.4 is 4.74 Å². The zero-order valence-electron chi connectivity index (χ0n) is 14.2. The summed E-state index contributed by atoms with van der Waals surface area (Å²) in [5.41, 5.74) is 2.19. The molecular formula is C20H19FN2O2. The lowest BCUT2D eigenvalue weighted by Crippen LogP contribution is -2.31. The highest BCUT2D eigenvalue weighted by molar-refractivity contribution is 6.06. The Hall–Kier alpha value is -2.95. The van der Waals surface area contributed by atoms with Crippen molar-refractivity contribution in [2.75, 3.05) is 20.2 Å². The van der Waals surface area contributed by atoms with Gasteiger partial charge >= 0.3 is 0 Å². The van der Waals surface area contributed by atoms with Gasteiger partial charge in [0.1, 0.15) is 6.61 Å². The van der Waals surface area contributed by atoms with Crippen molar-refractivity contribution in [3.05, 3.63) is 71.7 Å². The molecule has 3 aromatic rings. The van der Waals surface area contributed by atoms with Gasteiger partial charge in [-0.15, -0.1) is 0 Å². The number of benzene rings is 2.